The third-order valence-electron chi connectivity index (χ3n) is 3.62. The van der Waals surface area contributed by atoms with Crippen molar-refractivity contribution in [1.82, 2.24) is 9.97 Å². The summed E-state index contributed by atoms with van der Waals surface area (Å²) in [6, 6.07) is 5.92. The number of ether oxygens (including phenoxy) is 1. The van der Waals surface area contributed by atoms with Crippen LogP contribution in [0.5, 0.6) is 0 Å². The van der Waals surface area contributed by atoms with Crippen LogP contribution < -0.4 is 4.90 Å². The second-order valence-corrected chi connectivity index (χ2v) is 5.49. The van der Waals surface area contributed by atoms with Gasteiger partial charge in [0.2, 0.25) is 0 Å². The molecule has 0 aliphatic heterocycles. The van der Waals surface area contributed by atoms with E-state index in [-0.39, 0.29) is 0 Å². The summed E-state index contributed by atoms with van der Waals surface area (Å²) in [5.41, 5.74) is 1.02. The quantitative estimate of drug-likeness (QED) is 0.783. The highest BCUT2D eigenvalue weighted by Gasteiger charge is 2.27. The lowest BCUT2D eigenvalue weighted by Crippen LogP contribution is -2.28. The van der Waals surface area contributed by atoms with Gasteiger partial charge in [0, 0.05) is 31.3 Å². The summed E-state index contributed by atoms with van der Waals surface area (Å²) >= 11 is 0. The molecule has 112 valence electrons. The molecule has 0 amide bonds. The third kappa shape index (κ3) is 3.61. The van der Waals surface area contributed by atoms with Crippen LogP contribution in [0.2, 0.25) is 0 Å². The van der Waals surface area contributed by atoms with Crippen LogP contribution in [0.15, 0.2) is 28.9 Å². The molecule has 2 aromatic heterocycles. The summed E-state index contributed by atoms with van der Waals surface area (Å²) < 4.78 is 10.7. The Bertz CT molecular complexity index is 579. The summed E-state index contributed by atoms with van der Waals surface area (Å²) in [5.74, 6) is 3.41. The lowest BCUT2D eigenvalue weighted by molar-refractivity contribution is 0.204. The first-order valence-corrected chi connectivity index (χ1v) is 7.38. The Morgan fingerprint density at radius 1 is 1.38 bits per heavy atom. The minimum absolute atomic E-state index is 0.552. The SMILES string of the molecule is COCCN(Cc1ccco1)c1cc(C)nc(C2CC2)n1. The number of aryl methyl sites for hydroxylation is 1. The summed E-state index contributed by atoms with van der Waals surface area (Å²) in [4.78, 5) is 11.5. The van der Waals surface area contributed by atoms with Gasteiger partial charge in [-0.1, -0.05) is 0 Å². The molecule has 21 heavy (non-hydrogen) atoms. The molecular formula is C16H21N3O2. The summed E-state index contributed by atoms with van der Waals surface area (Å²) in [6.45, 7) is 4.15. The molecule has 0 radical (unpaired) electrons. The average Bonchev–Trinajstić information content (AvgIpc) is 3.21. The first-order chi connectivity index (χ1) is 10.3. The summed E-state index contributed by atoms with van der Waals surface area (Å²) in [6.07, 6.45) is 4.11. The highest BCUT2D eigenvalue weighted by Crippen LogP contribution is 2.38. The fourth-order valence-corrected chi connectivity index (χ4v) is 2.33. The van der Waals surface area contributed by atoms with E-state index in [1.165, 1.54) is 12.8 Å². The van der Waals surface area contributed by atoms with Crippen LogP contribution in [0.1, 0.15) is 36.0 Å². The number of nitrogens with zero attached hydrogens (tertiary/aromatic N) is 3. The largest absolute Gasteiger partial charge is 0.467 e. The van der Waals surface area contributed by atoms with Gasteiger partial charge >= 0.3 is 0 Å². The van der Waals surface area contributed by atoms with Gasteiger partial charge in [-0.3, -0.25) is 0 Å². The molecule has 0 spiro atoms. The van der Waals surface area contributed by atoms with Crippen LogP contribution in [0.4, 0.5) is 5.82 Å². The van der Waals surface area contributed by atoms with Crippen LogP contribution in [0, 0.1) is 6.92 Å². The number of hydrogen-bond donors (Lipinski definition) is 0. The standard InChI is InChI=1S/C16H21N3O2/c1-12-10-15(18-16(17-12)13-5-6-13)19(7-9-20-2)11-14-4-3-8-21-14/h3-4,8,10,13H,5-7,9,11H2,1-2H3. The van der Waals surface area contributed by atoms with Gasteiger partial charge in [-0.15, -0.1) is 0 Å². The fourth-order valence-electron chi connectivity index (χ4n) is 2.33. The van der Waals surface area contributed by atoms with Crippen molar-refractivity contribution >= 4 is 5.82 Å². The monoisotopic (exact) mass is 287 g/mol. The summed E-state index contributed by atoms with van der Waals surface area (Å²) in [5, 5.41) is 0. The Labute approximate surface area is 125 Å². The maximum absolute atomic E-state index is 5.46. The zero-order valence-corrected chi connectivity index (χ0v) is 12.6. The Kier molecular flexibility index (Phi) is 4.20. The van der Waals surface area contributed by atoms with Crippen LogP contribution in [-0.4, -0.2) is 30.2 Å². The van der Waals surface area contributed by atoms with Gasteiger partial charge in [0.05, 0.1) is 19.4 Å². The van der Waals surface area contributed by atoms with Crippen molar-refractivity contribution in [3.63, 3.8) is 0 Å². The zero-order chi connectivity index (χ0) is 14.7. The predicted molar refractivity (Wildman–Crippen MR) is 80.4 cm³/mol. The van der Waals surface area contributed by atoms with Crippen molar-refractivity contribution in [3.8, 4) is 0 Å². The van der Waals surface area contributed by atoms with Gasteiger partial charge in [-0.2, -0.15) is 0 Å². The smallest absolute Gasteiger partial charge is 0.134 e. The van der Waals surface area contributed by atoms with Crippen LogP contribution in [0.3, 0.4) is 0 Å². The molecule has 5 nitrogen and oxygen atoms in total. The second-order valence-electron chi connectivity index (χ2n) is 5.49. The molecule has 0 saturated heterocycles. The molecule has 1 fully saturated rings. The Morgan fingerprint density at radius 3 is 2.90 bits per heavy atom. The summed E-state index contributed by atoms with van der Waals surface area (Å²) in [7, 11) is 1.71. The van der Waals surface area contributed by atoms with Gasteiger partial charge in [-0.25, -0.2) is 9.97 Å². The molecule has 1 aliphatic rings. The minimum Gasteiger partial charge on any atom is -0.467 e. The van der Waals surface area contributed by atoms with Crippen molar-refractivity contribution in [1.29, 1.82) is 0 Å². The average molecular weight is 287 g/mol. The second kappa shape index (κ2) is 6.26. The Morgan fingerprint density at radius 2 is 2.24 bits per heavy atom. The molecule has 2 heterocycles. The molecule has 0 aromatic carbocycles. The highest BCUT2D eigenvalue weighted by molar-refractivity contribution is 5.41. The van der Waals surface area contributed by atoms with Crippen molar-refractivity contribution in [2.24, 2.45) is 0 Å². The van der Waals surface area contributed by atoms with Crippen molar-refractivity contribution in [3.05, 3.63) is 41.7 Å². The molecule has 1 saturated carbocycles. The molecule has 1 aliphatic carbocycles. The Balaban J connectivity index is 1.83. The van der Waals surface area contributed by atoms with Crippen LogP contribution in [0.25, 0.3) is 0 Å². The molecular weight excluding hydrogens is 266 g/mol. The van der Waals surface area contributed by atoms with E-state index in [1.54, 1.807) is 13.4 Å². The third-order valence-corrected chi connectivity index (χ3v) is 3.62. The van der Waals surface area contributed by atoms with Crippen molar-refractivity contribution in [2.75, 3.05) is 25.2 Å². The molecule has 0 atom stereocenters. The van der Waals surface area contributed by atoms with Crippen molar-refractivity contribution < 1.29 is 9.15 Å². The normalized spacial score (nSPS) is 14.4. The van der Waals surface area contributed by atoms with E-state index in [1.807, 2.05) is 25.1 Å². The number of hydrogen-bond acceptors (Lipinski definition) is 5. The maximum Gasteiger partial charge on any atom is 0.134 e. The predicted octanol–water partition coefficient (Wildman–Crippen LogP) is 2.91. The van der Waals surface area contributed by atoms with Gasteiger partial charge in [-0.05, 0) is 31.9 Å². The lowest BCUT2D eigenvalue weighted by Gasteiger charge is -2.23. The van der Waals surface area contributed by atoms with E-state index >= 15 is 0 Å². The molecule has 2 aromatic rings. The highest BCUT2D eigenvalue weighted by atomic mass is 16.5. The fraction of sp³-hybridized carbons (Fsp3) is 0.500. The lowest BCUT2D eigenvalue weighted by atomic mass is 10.3. The van der Waals surface area contributed by atoms with E-state index in [4.69, 9.17) is 14.1 Å². The number of methoxy groups -OCH3 is 1. The molecule has 5 heteroatoms. The van der Waals surface area contributed by atoms with E-state index in [2.05, 4.69) is 9.88 Å². The number of aromatic nitrogens is 2. The van der Waals surface area contributed by atoms with Gasteiger partial charge < -0.3 is 14.1 Å². The van der Waals surface area contributed by atoms with Crippen LogP contribution in [-0.2, 0) is 11.3 Å². The molecule has 0 N–H and O–H groups in total. The zero-order valence-electron chi connectivity index (χ0n) is 12.6. The van der Waals surface area contributed by atoms with Crippen molar-refractivity contribution in [2.45, 2.75) is 32.2 Å². The van der Waals surface area contributed by atoms with E-state index in [0.717, 1.165) is 29.6 Å². The van der Waals surface area contributed by atoms with Gasteiger partial charge in [0.25, 0.3) is 0 Å². The topological polar surface area (TPSA) is 51.4 Å². The van der Waals surface area contributed by atoms with Crippen LogP contribution >= 0.6 is 0 Å². The minimum atomic E-state index is 0.552. The Hall–Kier alpha value is -1.88. The first-order valence-electron chi connectivity index (χ1n) is 7.38. The number of furan rings is 1. The molecule has 0 bridgehead atoms. The maximum atomic E-state index is 5.46. The van der Waals surface area contributed by atoms with E-state index in [9.17, 15) is 0 Å². The van der Waals surface area contributed by atoms with Gasteiger partial charge in [0.15, 0.2) is 0 Å². The van der Waals surface area contributed by atoms with E-state index in [0.29, 0.717) is 19.1 Å². The van der Waals surface area contributed by atoms with E-state index < -0.39 is 0 Å². The first kappa shape index (κ1) is 14.1. The molecule has 3 rings (SSSR count). The number of rotatable bonds is 7. The number of anilines is 1. The molecule has 0 unspecified atom stereocenters. The van der Waals surface area contributed by atoms with Gasteiger partial charge in [0.1, 0.15) is 17.4 Å².